The third kappa shape index (κ3) is 4.60. The number of carbonyl (C=O) groups is 2. The maximum atomic E-state index is 10.3. The van der Waals surface area contributed by atoms with Gasteiger partial charge in [0.05, 0.1) is 5.02 Å². The minimum Gasteiger partial charge on any atom is -0.482 e. The number of halogens is 1. The molecule has 0 unspecified atom stereocenters. The van der Waals surface area contributed by atoms with Gasteiger partial charge in [-0.2, -0.15) is 0 Å². The van der Waals surface area contributed by atoms with Gasteiger partial charge in [-0.3, -0.25) is 0 Å². The van der Waals surface area contributed by atoms with Crippen molar-refractivity contribution in [2.75, 3.05) is 13.2 Å². The molecule has 0 aliphatic carbocycles. The van der Waals surface area contributed by atoms with Crippen molar-refractivity contribution in [2.45, 2.75) is 0 Å². The van der Waals surface area contributed by atoms with E-state index in [1.165, 1.54) is 18.2 Å². The Morgan fingerprint density at radius 2 is 1.71 bits per heavy atom. The topological polar surface area (TPSA) is 93.1 Å². The van der Waals surface area contributed by atoms with Gasteiger partial charge in [-0.25, -0.2) is 9.59 Å². The van der Waals surface area contributed by atoms with Gasteiger partial charge in [-0.1, -0.05) is 11.6 Å². The Balaban J connectivity index is 2.71. The van der Waals surface area contributed by atoms with Gasteiger partial charge in [0.25, 0.3) is 0 Å². The first-order valence-corrected chi connectivity index (χ1v) is 4.85. The number of carboxylic acid groups (broad SMARTS) is 2. The molecule has 1 rings (SSSR count). The second kappa shape index (κ2) is 5.95. The van der Waals surface area contributed by atoms with Crippen molar-refractivity contribution in [3.63, 3.8) is 0 Å². The predicted octanol–water partition coefficient (Wildman–Crippen LogP) is 1.27. The first-order chi connectivity index (χ1) is 7.99. The van der Waals surface area contributed by atoms with Crippen LogP contribution >= 0.6 is 11.6 Å². The van der Waals surface area contributed by atoms with E-state index in [0.29, 0.717) is 0 Å². The number of hydrogen-bond acceptors (Lipinski definition) is 4. The van der Waals surface area contributed by atoms with Gasteiger partial charge in [0, 0.05) is 6.07 Å². The van der Waals surface area contributed by atoms with Gasteiger partial charge in [-0.15, -0.1) is 0 Å². The largest absolute Gasteiger partial charge is 0.482 e. The normalized spacial score (nSPS) is 9.71. The first kappa shape index (κ1) is 13.1. The minimum atomic E-state index is -1.14. The third-order valence-corrected chi connectivity index (χ3v) is 1.93. The summed E-state index contributed by atoms with van der Waals surface area (Å²) in [6, 6.07) is 4.21. The van der Waals surface area contributed by atoms with Crippen LogP contribution in [0.25, 0.3) is 0 Å². The molecule has 0 radical (unpaired) electrons. The van der Waals surface area contributed by atoms with Crippen molar-refractivity contribution in [3.05, 3.63) is 23.2 Å². The summed E-state index contributed by atoms with van der Waals surface area (Å²) < 4.78 is 9.77. The van der Waals surface area contributed by atoms with Gasteiger partial charge in [0.15, 0.2) is 13.2 Å². The average molecular weight is 261 g/mol. The van der Waals surface area contributed by atoms with E-state index in [-0.39, 0.29) is 16.5 Å². The maximum absolute atomic E-state index is 10.3. The summed E-state index contributed by atoms with van der Waals surface area (Å²) in [5.74, 6) is -1.90. The van der Waals surface area contributed by atoms with Gasteiger partial charge in [0.2, 0.25) is 0 Å². The molecule has 0 saturated heterocycles. The number of hydrogen-bond donors (Lipinski definition) is 2. The molecule has 0 atom stereocenters. The summed E-state index contributed by atoms with van der Waals surface area (Å²) >= 11 is 5.75. The Kier molecular flexibility index (Phi) is 4.59. The Hall–Kier alpha value is -1.95. The number of ether oxygens (including phenoxy) is 2. The van der Waals surface area contributed by atoms with E-state index in [1.54, 1.807) is 0 Å². The molecule has 0 aromatic heterocycles. The number of carboxylic acids is 2. The summed E-state index contributed by atoms with van der Waals surface area (Å²) in [6.45, 7) is -1.04. The van der Waals surface area contributed by atoms with Crippen molar-refractivity contribution in [2.24, 2.45) is 0 Å². The first-order valence-electron chi connectivity index (χ1n) is 4.48. The minimum absolute atomic E-state index is 0.122. The lowest BCUT2D eigenvalue weighted by molar-refractivity contribution is -0.140. The standard InChI is InChI=1S/C10H9ClO6/c11-7-2-1-6(16-4-9(12)13)3-8(7)17-5-10(14)15/h1-3H,4-5H2,(H,12,13)(H,14,15). The zero-order valence-electron chi connectivity index (χ0n) is 8.55. The zero-order valence-corrected chi connectivity index (χ0v) is 9.31. The van der Waals surface area contributed by atoms with Crippen LogP contribution in [0, 0.1) is 0 Å². The van der Waals surface area contributed by atoms with E-state index in [4.69, 9.17) is 31.3 Å². The molecule has 6 nitrogen and oxygen atoms in total. The average Bonchev–Trinajstić information content (AvgIpc) is 2.26. The van der Waals surface area contributed by atoms with Crippen molar-refractivity contribution >= 4 is 23.5 Å². The highest BCUT2D eigenvalue weighted by molar-refractivity contribution is 6.32. The smallest absolute Gasteiger partial charge is 0.341 e. The second-order valence-corrected chi connectivity index (χ2v) is 3.36. The van der Waals surface area contributed by atoms with Crippen LogP contribution in [0.3, 0.4) is 0 Å². The molecule has 0 fully saturated rings. The molecule has 2 N–H and O–H groups in total. The second-order valence-electron chi connectivity index (χ2n) is 2.96. The van der Waals surface area contributed by atoms with Crippen molar-refractivity contribution in [3.8, 4) is 11.5 Å². The van der Waals surface area contributed by atoms with Crippen LogP contribution in [0.4, 0.5) is 0 Å². The van der Waals surface area contributed by atoms with Crippen LogP contribution in [-0.2, 0) is 9.59 Å². The maximum Gasteiger partial charge on any atom is 0.341 e. The molecular weight excluding hydrogens is 252 g/mol. The highest BCUT2D eigenvalue weighted by atomic mass is 35.5. The summed E-state index contributed by atoms with van der Waals surface area (Å²) in [5, 5.41) is 17.1. The summed E-state index contributed by atoms with van der Waals surface area (Å²) in [4.78, 5) is 20.6. The van der Waals surface area contributed by atoms with E-state index in [1.807, 2.05) is 0 Å². The van der Waals surface area contributed by atoms with Gasteiger partial charge in [0.1, 0.15) is 11.5 Å². The fourth-order valence-corrected chi connectivity index (χ4v) is 1.14. The van der Waals surface area contributed by atoms with Crippen LogP contribution in [-0.4, -0.2) is 35.4 Å². The number of aliphatic carboxylic acids is 2. The van der Waals surface area contributed by atoms with Crippen molar-refractivity contribution in [1.82, 2.24) is 0 Å². The fraction of sp³-hybridized carbons (Fsp3) is 0.200. The van der Waals surface area contributed by atoms with Gasteiger partial charge >= 0.3 is 11.9 Å². The Bertz CT molecular complexity index is 431. The molecule has 0 aliphatic heterocycles. The molecule has 0 heterocycles. The van der Waals surface area contributed by atoms with E-state index in [2.05, 4.69) is 0 Å². The molecule has 0 spiro atoms. The lowest BCUT2D eigenvalue weighted by Gasteiger charge is -2.08. The molecule has 1 aromatic carbocycles. The van der Waals surface area contributed by atoms with Crippen molar-refractivity contribution in [1.29, 1.82) is 0 Å². The molecule has 0 saturated carbocycles. The van der Waals surface area contributed by atoms with Crippen LogP contribution in [0.2, 0.25) is 5.02 Å². The predicted molar refractivity (Wildman–Crippen MR) is 57.7 cm³/mol. The molecular formula is C10H9ClO6. The van der Waals surface area contributed by atoms with Gasteiger partial charge < -0.3 is 19.7 Å². The summed E-state index contributed by atoms with van der Waals surface area (Å²) in [7, 11) is 0. The van der Waals surface area contributed by atoms with E-state index >= 15 is 0 Å². The fourth-order valence-electron chi connectivity index (χ4n) is 0.969. The number of benzene rings is 1. The molecule has 1 aromatic rings. The summed E-state index contributed by atoms with van der Waals surface area (Å²) in [5.41, 5.74) is 0. The van der Waals surface area contributed by atoms with E-state index < -0.39 is 25.2 Å². The van der Waals surface area contributed by atoms with Crippen LogP contribution in [0.15, 0.2) is 18.2 Å². The Labute approximate surface area is 101 Å². The summed E-state index contributed by atoms with van der Waals surface area (Å²) in [6.07, 6.45) is 0. The highest BCUT2D eigenvalue weighted by Crippen LogP contribution is 2.28. The SMILES string of the molecule is O=C(O)COc1ccc(Cl)c(OCC(=O)O)c1. The third-order valence-electron chi connectivity index (χ3n) is 1.62. The van der Waals surface area contributed by atoms with Crippen LogP contribution < -0.4 is 9.47 Å². The lowest BCUT2D eigenvalue weighted by atomic mass is 10.3. The van der Waals surface area contributed by atoms with Crippen molar-refractivity contribution < 1.29 is 29.3 Å². The Morgan fingerprint density at radius 3 is 2.29 bits per heavy atom. The zero-order chi connectivity index (χ0) is 12.8. The quantitative estimate of drug-likeness (QED) is 0.800. The Morgan fingerprint density at radius 1 is 1.12 bits per heavy atom. The van der Waals surface area contributed by atoms with Crippen LogP contribution in [0.5, 0.6) is 11.5 Å². The molecule has 0 bridgehead atoms. The van der Waals surface area contributed by atoms with Crippen LogP contribution in [0.1, 0.15) is 0 Å². The molecule has 92 valence electrons. The highest BCUT2D eigenvalue weighted by Gasteiger charge is 2.07. The molecule has 0 aliphatic rings. The molecule has 17 heavy (non-hydrogen) atoms. The van der Waals surface area contributed by atoms with E-state index in [9.17, 15) is 9.59 Å². The monoisotopic (exact) mass is 260 g/mol. The van der Waals surface area contributed by atoms with Gasteiger partial charge in [-0.05, 0) is 12.1 Å². The lowest BCUT2D eigenvalue weighted by Crippen LogP contribution is -2.11. The molecule has 0 amide bonds. The van der Waals surface area contributed by atoms with E-state index in [0.717, 1.165) is 0 Å². The number of rotatable bonds is 6. The molecule has 7 heteroatoms.